The number of hydrogen-bond acceptors (Lipinski definition) is 1. The first kappa shape index (κ1) is 12.0. The molecule has 2 aromatic rings. The third-order valence-electron chi connectivity index (χ3n) is 2.53. The van der Waals surface area contributed by atoms with Crippen LogP contribution in [0.15, 0.2) is 30.5 Å². The normalized spacial score (nSPS) is 12.2. The van der Waals surface area contributed by atoms with Gasteiger partial charge in [0, 0.05) is 24.8 Å². The number of benzene rings is 1. The highest BCUT2D eigenvalue weighted by Crippen LogP contribution is 2.18. The predicted molar refractivity (Wildman–Crippen MR) is 60.7 cm³/mol. The fourth-order valence-electron chi connectivity index (χ4n) is 1.67. The summed E-state index contributed by atoms with van der Waals surface area (Å²) < 4.78 is 35.7. The molecule has 5 heteroatoms. The lowest BCUT2D eigenvalue weighted by molar-refractivity contribution is -0.133. The third-order valence-corrected chi connectivity index (χ3v) is 2.53. The Morgan fingerprint density at radius 2 is 2.00 bits per heavy atom. The summed E-state index contributed by atoms with van der Waals surface area (Å²) in [5.41, 5.74) is 1.97. The average molecular weight is 242 g/mol. The van der Waals surface area contributed by atoms with Crippen LogP contribution in [0, 0.1) is 0 Å². The van der Waals surface area contributed by atoms with Crippen LogP contribution in [0.3, 0.4) is 0 Å². The van der Waals surface area contributed by atoms with E-state index in [9.17, 15) is 13.2 Å². The smallest absolute Gasteiger partial charge is 0.361 e. The molecular formula is C12H13F3N2. The lowest BCUT2D eigenvalue weighted by atomic mass is 10.1. The zero-order chi connectivity index (χ0) is 12.3. The van der Waals surface area contributed by atoms with E-state index in [1.54, 1.807) is 0 Å². The molecule has 0 aliphatic carbocycles. The Morgan fingerprint density at radius 3 is 2.76 bits per heavy atom. The van der Waals surface area contributed by atoms with Crippen molar-refractivity contribution in [3.05, 3.63) is 36.0 Å². The number of fused-ring (bicyclic) bond motifs is 1. The van der Waals surface area contributed by atoms with Gasteiger partial charge in [-0.05, 0) is 23.1 Å². The molecule has 1 heterocycles. The number of aromatic nitrogens is 1. The summed E-state index contributed by atoms with van der Waals surface area (Å²) in [6.07, 6.45) is -3.04. The second-order valence-corrected chi connectivity index (χ2v) is 3.94. The van der Waals surface area contributed by atoms with Crippen molar-refractivity contribution >= 4 is 10.9 Å². The van der Waals surface area contributed by atoms with Crippen molar-refractivity contribution < 1.29 is 13.2 Å². The number of H-pyrrole nitrogens is 1. The first-order valence-electron chi connectivity index (χ1n) is 5.38. The van der Waals surface area contributed by atoms with E-state index in [1.807, 2.05) is 30.5 Å². The molecule has 1 aromatic carbocycles. The third kappa shape index (κ3) is 3.49. The molecule has 0 saturated heterocycles. The van der Waals surface area contributed by atoms with E-state index in [0.717, 1.165) is 16.5 Å². The summed E-state index contributed by atoms with van der Waals surface area (Å²) >= 11 is 0. The minimum absolute atomic E-state index is 0.0493. The SMILES string of the molecule is FC(F)(F)CCNCc1ccc2cc[nH]c2c1. The highest BCUT2D eigenvalue weighted by Gasteiger charge is 2.25. The summed E-state index contributed by atoms with van der Waals surface area (Å²) in [5.74, 6) is 0. The summed E-state index contributed by atoms with van der Waals surface area (Å²) in [4.78, 5) is 3.07. The molecule has 2 N–H and O–H groups in total. The molecule has 2 nitrogen and oxygen atoms in total. The van der Waals surface area contributed by atoms with Crippen molar-refractivity contribution in [2.45, 2.75) is 19.1 Å². The molecule has 0 atom stereocenters. The molecule has 17 heavy (non-hydrogen) atoms. The summed E-state index contributed by atoms with van der Waals surface area (Å²) in [6, 6.07) is 7.76. The maximum Gasteiger partial charge on any atom is 0.390 e. The van der Waals surface area contributed by atoms with Gasteiger partial charge in [0.25, 0.3) is 0 Å². The number of aromatic amines is 1. The molecule has 0 saturated carbocycles. The predicted octanol–water partition coefficient (Wildman–Crippen LogP) is 3.21. The van der Waals surface area contributed by atoms with Gasteiger partial charge in [0.05, 0.1) is 6.42 Å². The van der Waals surface area contributed by atoms with Gasteiger partial charge in [-0.1, -0.05) is 12.1 Å². The molecule has 0 bridgehead atoms. The fraction of sp³-hybridized carbons (Fsp3) is 0.333. The van der Waals surface area contributed by atoms with Crippen LogP contribution in [0.2, 0.25) is 0 Å². The van der Waals surface area contributed by atoms with E-state index < -0.39 is 12.6 Å². The second-order valence-electron chi connectivity index (χ2n) is 3.94. The number of alkyl halides is 3. The highest BCUT2D eigenvalue weighted by molar-refractivity contribution is 5.79. The van der Waals surface area contributed by atoms with Crippen LogP contribution in [-0.2, 0) is 6.54 Å². The van der Waals surface area contributed by atoms with Gasteiger partial charge in [-0.2, -0.15) is 13.2 Å². The monoisotopic (exact) mass is 242 g/mol. The minimum Gasteiger partial charge on any atom is -0.361 e. The van der Waals surface area contributed by atoms with Crippen LogP contribution in [0.1, 0.15) is 12.0 Å². The van der Waals surface area contributed by atoms with Crippen molar-refractivity contribution in [2.24, 2.45) is 0 Å². The Balaban J connectivity index is 1.86. The molecule has 1 aromatic heterocycles. The van der Waals surface area contributed by atoms with Crippen molar-refractivity contribution in [1.82, 2.24) is 10.3 Å². The molecule has 2 rings (SSSR count). The van der Waals surface area contributed by atoms with E-state index in [4.69, 9.17) is 0 Å². The maximum absolute atomic E-state index is 11.9. The molecule has 0 fully saturated rings. The first-order valence-corrected chi connectivity index (χ1v) is 5.38. The molecule has 0 spiro atoms. The van der Waals surface area contributed by atoms with E-state index in [2.05, 4.69) is 10.3 Å². The van der Waals surface area contributed by atoms with E-state index in [0.29, 0.717) is 6.54 Å². The zero-order valence-electron chi connectivity index (χ0n) is 9.14. The van der Waals surface area contributed by atoms with Crippen LogP contribution >= 0.6 is 0 Å². The maximum atomic E-state index is 11.9. The van der Waals surface area contributed by atoms with Gasteiger partial charge < -0.3 is 10.3 Å². The Morgan fingerprint density at radius 1 is 1.18 bits per heavy atom. The van der Waals surface area contributed by atoms with Crippen LogP contribution in [0.25, 0.3) is 10.9 Å². The average Bonchev–Trinajstić information content (AvgIpc) is 2.70. The van der Waals surface area contributed by atoms with Gasteiger partial charge in [0.15, 0.2) is 0 Å². The van der Waals surface area contributed by atoms with Crippen molar-refractivity contribution in [1.29, 1.82) is 0 Å². The van der Waals surface area contributed by atoms with Crippen LogP contribution in [0.5, 0.6) is 0 Å². The van der Waals surface area contributed by atoms with Crippen molar-refractivity contribution in [3.8, 4) is 0 Å². The number of nitrogens with one attached hydrogen (secondary N) is 2. The van der Waals surface area contributed by atoms with Crippen LogP contribution in [0.4, 0.5) is 13.2 Å². The number of hydrogen-bond donors (Lipinski definition) is 2. The van der Waals surface area contributed by atoms with Crippen LogP contribution in [-0.4, -0.2) is 17.7 Å². The largest absolute Gasteiger partial charge is 0.390 e. The molecule has 0 radical (unpaired) electrons. The lowest BCUT2D eigenvalue weighted by Gasteiger charge is -2.07. The molecule has 0 amide bonds. The Labute approximate surface area is 96.8 Å². The summed E-state index contributed by atoms with van der Waals surface area (Å²) in [5, 5.41) is 3.88. The van der Waals surface area contributed by atoms with E-state index >= 15 is 0 Å². The standard InChI is InChI=1S/C12H13F3N2/c13-12(14,15)4-6-16-8-9-1-2-10-3-5-17-11(10)7-9/h1-3,5,7,16-17H,4,6,8H2. The molecule has 92 valence electrons. The van der Waals surface area contributed by atoms with Gasteiger partial charge in [-0.15, -0.1) is 0 Å². The van der Waals surface area contributed by atoms with Gasteiger partial charge >= 0.3 is 6.18 Å². The second kappa shape index (κ2) is 4.79. The molecule has 0 aliphatic rings. The molecule has 0 unspecified atom stereocenters. The Hall–Kier alpha value is -1.49. The van der Waals surface area contributed by atoms with Gasteiger partial charge in [0.1, 0.15) is 0 Å². The Bertz CT molecular complexity index is 488. The van der Waals surface area contributed by atoms with E-state index in [-0.39, 0.29) is 6.54 Å². The lowest BCUT2D eigenvalue weighted by Crippen LogP contribution is -2.21. The number of rotatable bonds is 4. The van der Waals surface area contributed by atoms with Crippen molar-refractivity contribution in [2.75, 3.05) is 6.54 Å². The minimum atomic E-state index is -4.09. The van der Waals surface area contributed by atoms with Gasteiger partial charge in [-0.3, -0.25) is 0 Å². The molecular weight excluding hydrogens is 229 g/mol. The van der Waals surface area contributed by atoms with Crippen LogP contribution < -0.4 is 5.32 Å². The fourth-order valence-corrected chi connectivity index (χ4v) is 1.67. The topological polar surface area (TPSA) is 27.8 Å². The first-order chi connectivity index (χ1) is 8.04. The zero-order valence-corrected chi connectivity index (χ0v) is 9.14. The van der Waals surface area contributed by atoms with Crippen molar-refractivity contribution in [3.63, 3.8) is 0 Å². The van der Waals surface area contributed by atoms with Gasteiger partial charge in [-0.25, -0.2) is 0 Å². The number of halogens is 3. The van der Waals surface area contributed by atoms with Gasteiger partial charge in [0.2, 0.25) is 0 Å². The highest BCUT2D eigenvalue weighted by atomic mass is 19.4. The summed E-state index contributed by atoms with van der Waals surface area (Å²) in [7, 11) is 0. The summed E-state index contributed by atoms with van der Waals surface area (Å²) in [6.45, 7) is 0.400. The molecule has 0 aliphatic heterocycles. The van der Waals surface area contributed by atoms with E-state index in [1.165, 1.54) is 0 Å². The Kier molecular flexibility index (Phi) is 3.38. The quantitative estimate of drug-likeness (QED) is 0.792.